The number of nitrogens with zero attached hydrogens (tertiary/aromatic N) is 3. The first kappa shape index (κ1) is 22.3. The summed E-state index contributed by atoms with van der Waals surface area (Å²) in [5.41, 5.74) is -4.81. The van der Waals surface area contributed by atoms with E-state index in [1.54, 1.807) is 0 Å². The van der Waals surface area contributed by atoms with Gasteiger partial charge in [0.05, 0.1) is 17.8 Å². The molecule has 4 rings (SSSR count). The molecule has 2 aromatic heterocycles. The number of pyridine rings is 1. The Morgan fingerprint density at radius 1 is 1.19 bits per heavy atom. The third-order valence-corrected chi connectivity index (χ3v) is 5.27. The van der Waals surface area contributed by atoms with Crippen molar-refractivity contribution >= 4 is 11.9 Å². The second kappa shape index (κ2) is 7.60. The first-order valence-electron chi connectivity index (χ1n) is 9.46. The normalized spacial score (nSPS) is 21.0. The summed E-state index contributed by atoms with van der Waals surface area (Å²) in [4.78, 5) is 15.2. The van der Waals surface area contributed by atoms with Crippen LogP contribution in [0.2, 0.25) is 0 Å². The van der Waals surface area contributed by atoms with E-state index in [0.29, 0.717) is 10.7 Å². The highest BCUT2D eigenvalue weighted by molar-refractivity contribution is 5.89. The maximum Gasteiger partial charge on any atom is 0.433 e. The lowest BCUT2D eigenvalue weighted by Crippen LogP contribution is -2.42. The second-order valence-corrected chi connectivity index (χ2v) is 7.54. The van der Waals surface area contributed by atoms with E-state index in [2.05, 4.69) is 20.1 Å². The van der Waals surface area contributed by atoms with Gasteiger partial charge in [-0.3, -0.25) is 10.00 Å². The largest absolute Gasteiger partial charge is 0.433 e. The number of cyclic esters (lactones) is 1. The Bertz CT molecular complexity index is 1030. The molecule has 0 unspecified atom stereocenters. The Morgan fingerprint density at radius 2 is 1.88 bits per heavy atom. The zero-order valence-electron chi connectivity index (χ0n) is 16.1. The molecule has 4 heterocycles. The molecule has 1 amide bonds. The van der Waals surface area contributed by atoms with E-state index in [4.69, 9.17) is 0 Å². The molecule has 0 saturated carbocycles. The summed E-state index contributed by atoms with van der Waals surface area (Å²) in [5, 5.41) is 8.71. The molecule has 2 aliphatic heterocycles. The van der Waals surface area contributed by atoms with Gasteiger partial charge in [0.15, 0.2) is 0 Å². The van der Waals surface area contributed by atoms with E-state index in [0.717, 1.165) is 12.3 Å². The van der Waals surface area contributed by atoms with Crippen LogP contribution < -0.4 is 10.6 Å². The minimum atomic E-state index is -5.06. The van der Waals surface area contributed by atoms with Gasteiger partial charge in [0.1, 0.15) is 17.2 Å². The number of nitrogens with one attached hydrogen (secondary N) is 2. The van der Waals surface area contributed by atoms with Crippen LogP contribution in [0.15, 0.2) is 18.3 Å². The molecule has 0 aromatic carbocycles. The smallest absolute Gasteiger partial charge is 0.431 e. The van der Waals surface area contributed by atoms with Crippen LogP contribution in [0, 0.1) is 0 Å². The van der Waals surface area contributed by atoms with Gasteiger partial charge in [0.2, 0.25) is 6.10 Å². The van der Waals surface area contributed by atoms with Crippen molar-refractivity contribution in [2.45, 2.75) is 43.5 Å². The zero-order valence-corrected chi connectivity index (χ0v) is 16.1. The van der Waals surface area contributed by atoms with Crippen molar-refractivity contribution in [3.8, 4) is 11.3 Å². The molecule has 2 aromatic rings. The first-order valence-corrected chi connectivity index (χ1v) is 9.46. The quantitative estimate of drug-likeness (QED) is 0.661. The second-order valence-electron chi connectivity index (χ2n) is 7.54. The molecule has 0 aliphatic carbocycles. The number of amides is 1. The van der Waals surface area contributed by atoms with E-state index in [1.807, 2.05) is 5.32 Å². The zero-order chi connectivity index (χ0) is 23.3. The van der Waals surface area contributed by atoms with Gasteiger partial charge in [0, 0.05) is 11.8 Å². The highest BCUT2D eigenvalue weighted by Crippen LogP contribution is 2.46. The SMILES string of the molecule is O=C1Nc2nccc(-c3cc(C(F)(F)F)n(CC4(F)CCNCC4)n3)c2[C@H](C(F)(F)F)O1. The van der Waals surface area contributed by atoms with Crippen LogP contribution in [0.25, 0.3) is 11.3 Å². The van der Waals surface area contributed by atoms with Gasteiger partial charge in [-0.25, -0.2) is 14.2 Å². The van der Waals surface area contributed by atoms with Crippen LogP contribution >= 0.6 is 0 Å². The van der Waals surface area contributed by atoms with Gasteiger partial charge >= 0.3 is 18.4 Å². The van der Waals surface area contributed by atoms with Crippen molar-refractivity contribution in [1.82, 2.24) is 20.1 Å². The van der Waals surface area contributed by atoms with Crippen molar-refractivity contribution in [1.29, 1.82) is 0 Å². The molecule has 174 valence electrons. The van der Waals surface area contributed by atoms with Crippen LogP contribution in [0.4, 0.5) is 41.3 Å². The fraction of sp³-hybridized carbons (Fsp3) is 0.500. The maximum absolute atomic E-state index is 15.1. The maximum atomic E-state index is 15.1. The number of halogens is 7. The number of fused-ring (bicyclic) bond motifs is 1. The molecule has 7 nitrogen and oxygen atoms in total. The summed E-state index contributed by atoms with van der Waals surface area (Å²) < 4.78 is 101. The fourth-order valence-electron chi connectivity index (χ4n) is 3.78. The Balaban J connectivity index is 1.82. The average Bonchev–Trinajstić information content (AvgIpc) is 3.10. The van der Waals surface area contributed by atoms with Gasteiger partial charge in [-0.1, -0.05) is 0 Å². The van der Waals surface area contributed by atoms with E-state index in [1.165, 1.54) is 0 Å². The fourth-order valence-corrected chi connectivity index (χ4v) is 3.78. The van der Waals surface area contributed by atoms with Crippen molar-refractivity contribution in [2.24, 2.45) is 0 Å². The van der Waals surface area contributed by atoms with Gasteiger partial charge in [-0.15, -0.1) is 0 Å². The number of hydrogen-bond donors (Lipinski definition) is 2. The molecule has 0 spiro atoms. The molecule has 32 heavy (non-hydrogen) atoms. The lowest BCUT2D eigenvalue weighted by atomic mass is 9.94. The van der Waals surface area contributed by atoms with Gasteiger partial charge in [0.25, 0.3) is 0 Å². The summed E-state index contributed by atoms with van der Waals surface area (Å²) in [6.45, 7) is -0.172. The van der Waals surface area contributed by atoms with Crippen LogP contribution in [0.5, 0.6) is 0 Å². The van der Waals surface area contributed by atoms with Gasteiger partial charge < -0.3 is 10.1 Å². The monoisotopic (exact) mass is 467 g/mol. The van der Waals surface area contributed by atoms with Gasteiger partial charge in [-0.2, -0.15) is 31.4 Å². The Labute approximate surface area is 175 Å². The van der Waals surface area contributed by atoms with Crippen LogP contribution in [-0.4, -0.2) is 45.8 Å². The Morgan fingerprint density at radius 3 is 2.50 bits per heavy atom. The lowest BCUT2D eigenvalue weighted by molar-refractivity contribution is -0.206. The summed E-state index contributed by atoms with van der Waals surface area (Å²) in [7, 11) is 0. The number of anilines is 1. The summed E-state index contributed by atoms with van der Waals surface area (Å²) in [6, 6.07) is 1.57. The molecule has 0 radical (unpaired) electrons. The average molecular weight is 467 g/mol. The molecule has 1 saturated heterocycles. The molecule has 14 heteroatoms. The number of carbonyl (C=O) groups excluding carboxylic acids is 1. The minimum absolute atomic E-state index is 0.0415. The van der Waals surface area contributed by atoms with Crippen LogP contribution in [0.1, 0.15) is 30.2 Å². The number of aromatic nitrogens is 3. The van der Waals surface area contributed by atoms with Crippen LogP contribution in [-0.2, 0) is 17.5 Å². The topological polar surface area (TPSA) is 81.1 Å². The molecule has 1 atom stereocenters. The predicted molar refractivity (Wildman–Crippen MR) is 95.3 cm³/mol. The van der Waals surface area contributed by atoms with E-state index >= 15 is 4.39 Å². The van der Waals surface area contributed by atoms with Crippen molar-refractivity contribution < 1.29 is 40.3 Å². The number of rotatable bonds is 3. The molecule has 0 bridgehead atoms. The van der Waals surface area contributed by atoms with Crippen molar-refractivity contribution in [3.05, 3.63) is 29.6 Å². The van der Waals surface area contributed by atoms with E-state index in [9.17, 15) is 31.1 Å². The van der Waals surface area contributed by atoms with Crippen molar-refractivity contribution in [3.63, 3.8) is 0 Å². The Hall–Kier alpha value is -2.90. The summed E-state index contributed by atoms with van der Waals surface area (Å²) >= 11 is 0. The number of carbonyl (C=O) groups is 1. The van der Waals surface area contributed by atoms with E-state index < -0.39 is 59.5 Å². The molecule has 1 fully saturated rings. The minimum Gasteiger partial charge on any atom is -0.431 e. The third-order valence-electron chi connectivity index (χ3n) is 5.27. The standard InChI is InChI=1S/C18H16F7N5O2/c19-16(2-5-26-6-3-16)8-30-11(17(20,21)22)7-10(29-30)9-1-4-27-14-12(9)13(18(23,24)25)32-15(31)28-14/h1,4,7,13,26H,2-3,5-6,8H2,(H,27,28,31)/t13-/m1/s1. The molecule has 2 N–H and O–H groups in total. The first-order chi connectivity index (χ1) is 14.9. The Kier molecular flexibility index (Phi) is 5.30. The predicted octanol–water partition coefficient (Wildman–Crippen LogP) is 4.22. The summed E-state index contributed by atoms with van der Waals surface area (Å²) in [6.07, 6.45) is -13.2. The number of ether oxygens (including phenoxy) is 1. The lowest BCUT2D eigenvalue weighted by Gasteiger charge is -2.30. The molecular weight excluding hydrogens is 451 g/mol. The summed E-state index contributed by atoms with van der Waals surface area (Å²) in [5.74, 6) is -0.510. The third kappa shape index (κ3) is 4.23. The van der Waals surface area contributed by atoms with Gasteiger partial charge in [-0.05, 0) is 38.1 Å². The van der Waals surface area contributed by atoms with E-state index in [-0.39, 0.29) is 31.5 Å². The van der Waals surface area contributed by atoms with Crippen molar-refractivity contribution in [2.75, 3.05) is 18.4 Å². The molecular formula is C18H16F7N5O2. The number of piperidine rings is 1. The molecule has 2 aliphatic rings. The highest BCUT2D eigenvalue weighted by atomic mass is 19.4. The number of hydrogen-bond acceptors (Lipinski definition) is 5. The van der Waals surface area contributed by atoms with Crippen LogP contribution in [0.3, 0.4) is 0 Å². The highest BCUT2D eigenvalue weighted by Gasteiger charge is 2.50. The number of alkyl halides is 7.